The van der Waals surface area contributed by atoms with Gasteiger partial charge in [-0.25, -0.2) is 29.3 Å². The van der Waals surface area contributed by atoms with Crippen LogP contribution in [0.5, 0.6) is 0 Å². The van der Waals surface area contributed by atoms with Crippen LogP contribution < -0.4 is 0 Å². The summed E-state index contributed by atoms with van der Waals surface area (Å²) in [7, 11) is 2.81. The molecule has 5 aliphatic heterocycles. The number of thiazole rings is 3. The fourth-order valence-electron chi connectivity index (χ4n) is 22.0. The smallest absolute Gasteiger partial charge is 0.339 e. The molecule has 6 fully saturated rings. The Bertz CT molecular complexity index is 7550. The van der Waals surface area contributed by atoms with Gasteiger partial charge in [0.25, 0.3) is 10.1 Å². The second-order valence-electron chi connectivity index (χ2n) is 43.2. The number of aliphatic carboxylic acids is 1. The molecule has 33 heteroatoms. The molecule has 0 amide bonds. The lowest BCUT2D eigenvalue weighted by Crippen LogP contribution is -2.41. The van der Waals surface area contributed by atoms with Crippen molar-refractivity contribution in [3.8, 4) is 65.1 Å². The Morgan fingerprint density at radius 2 is 0.727 bits per heavy atom. The van der Waals surface area contributed by atoms with E-state index in [4.69, 9.17) is 103 Å². The first-order valence-electron chi connectivity index (χ1n) is 52.3. The van der Waals surface area contributed by atoms with Gasteiger partial charge in [0.05, 0.1) is 120 Å². The predicted molar refractivity (Wildman–Crippen MR) is 602 cm³/mol. The van der Waals surface area contributed by atoms with Crippen molar-refractivity contribution in [3.63, 3.8) is 0 Å². The molecule has 5 saturated heterocycles. The fourth-order valence-corrected chi connectivity index (χ4v) is 26.4. The Labute approximate surface area is 905 Å². The van der Waals surface area contributed by atoms with Crippen LogP contribution in [-0.2, 0) is 87.7 Å². The third-order valence-corrected chi connectivity index (χ3v) is 33.6. The molecule has 0 radical (unpaired) electrons. The number of carbonyl (C=O) groups excluding carboxylic acids is 2. The Hall–Kier alpha value is -10.1. The van der Waals surface area contributed by atoms with Crippen molar-refractivity contribution in [2.24, 2.45) is 21.1 Å². The van der Waals surface area contributed by atoms with E-state index in [1.807, 2.05) is 211 Å². The number of aryl methyl sites for hydroxylation is 6. The lowest BCUT2D eigenvalue weighted by Gasteiger charge is -2.34. The Kier molecular flexibility index (Phi) is 33.9. The van der Waals surface area contributed by atoms with Gasteiger partial charge >= 0.3 is 17.9 Å². The van der Waals surface area contributed by atoms with Gasteiger partial charge in [-0.1, -0.05) is 90.5 Å². The van der Waals surface area contributed by atoms with Crippen LogP contribution in [0.4, 0.5) is 0 Å². The Morgan fingerprint density at radius 1 is 0.420 bits per heavy atom. The van der Waals surface area contributed by atoms with Crippen molar-refractivity contribution < 1.29 is 70.0 Å². The molecular formula is C117H136Cl3N11O15S4. The molecule has 794 valence electrons. The quantitative estimate of drug-likeness (QED) is 0.0434. The molecule has 6 aliphatic rings. The first-order valence-corrected chi connectivity index (χ1v) is 57.7. The number of fused-ring (bicyclic) bond motifs is 6. The van der Waals surface area contributed by atoms with Gasteiger partial charge in [0.2, 0.25) is 0 Å². The third-order valence-electron chi connectivity index (χ3n) is 28.9. The molecular weight excluding hydrogens is 2030 g/mol. The number of piperidine rings is 2. The molecule has 1 N–H and O–H groups in total. The number of carboxylic acids is 1. The van der Waals surface area contributed by atoms with Crippen molar-refractivity contribution >= 4 is 160 Å². The summed E-state index contributed by atoms with van der Waals surface area (Å²) in [5.41, 5.74) is 21.1. The zero-order valence-corrected chi connectivity index (χ0v) is 94.4. The lowest BCUT2D eigenvalue weighted by atomic mass is 9.86. The minimum Gasteiger partial charge on any atom is -0.479 e. The number of ether oxygens (including phenoxy) is 8. The van der Waals surface area contributed by atoms with Crippen LogP contribution >= 0.6 is 68.8 Å². The maximum Gasteiger partial charge on any atom is 0.339 e. The van der Waals surface area contributed by atoms with E-state index in [9.17, 15) is 27.9 Å². The van der Waals surface area contributed by atoms with E-state index in [2.05, 4.69) is 80.7 Å². The van der Waals surface area contributed by atoms with Gasteiger partial charge in [-0.05, 0) is 317 Å². The summed E-state index contributed by atoms with van der Waals surface area (Å²) in [6.07, 6.45) is 11.4. The van der Waals surface area contributed by atoms with E-state index in [0.717, 1.165) is 243 Å². The van der Waals surface area contributed by atoms with Crippen LogP contribution in [0, 0.1) is 20.8 Å². The van der Waals surface area contributed by atoms with Crippen LogP contribution in [0.25, 0.3) is 128 Å². The van der Waals surface area contributed by atoms with Crippen LogP contribution in [0.15, 0.2) is 146 Å². The number of carbonyl (C=O) groups is 3. The van der Waals surface area contributed by atoms with Crippen molar-refractivity contribution in [1.82, 2.24) is 54.1 Å². The van der Waals surface area contributed by atoms with Crippen LogP contribution in [0.3, 0.4) is 0 Å². The van der Waals surface area contributed by atoms with E-state index >= 15 is 0 Å². The second kappa shape index (κ2) is 46.3. The minimum absolute atomic E-state index is 0.255. The number of halogens is 3. The molecule has 6 aromatic heterocycles. The number of nitrogens with zero attached hydrogens (tertiary/aromatic N) is 11. The molecule has 9 aromatic carbocycles. The summed E-state index contributed by atoms with van der Waals surface area (Å²) in [5.74, 6) is -0.516. The van der Waals surface area contributed by atoms with E-state index in [-0.39, 0.29) is 19.3 Å². The summed E-state index contributed by atoms with van der Waals surface area (Å²) >= 11 is 23.8. The minimum atomic E-state index is -3.29. The maximum atomic E-state index is 13.6. The lowest BCUT2D eigenvalue weighted by molar-refractivity contribution is -0.167. The van der Waals surface area contributed by atoms with E-state index in [1.165, 1.54) is 59.7 Å². The highest BCUT2D eigenvalue weighted by Crippen LogP contribution is 2.52. The van der Waals surface area contributed by atoms with Crippen molar-refractivity contribution in [3.05, 3.63) is 211 Å². The van der Waals surface area contributed by atoms with Gasteiger partial charge in [-0.3, -0.25) is 28.0 Å². The largest absolute Gasteiger partial charge is 0.479 e. The highest BCUT2D eigenvalue weighted by molar-refractivity contribution is 7.86. The van der Waals surface area contributed by atoms with E-state index in [0.29, 0.717) is 70.1 Å². The van der Waals surface area contributed by atoms with Crippen LogP contribution in [0.2, 0.25) is 15.1 Å². The molecule has 0 spiro atoms. The summed E-state index contributed by atoms with van der Waals surface area (Å²) < 4.78 is 81.1. The number of esters is 2. The first-order chi connectivity index (χ1) is 71.6. The predicted octanol–water partition coefficient (Wildman–Crippen LogP) is 27.0. The number of rotatable bonds is 24. The molecule has 6 atom stereocenters. The molecule has 0 unspecified atom stereocenters. The van der Waals surface area contributed by atoms with Gasteiger partial charge in [0.15, 0.2) is 18.3 Å². The number of hydrogen-bond donors (Lipinski definition) is 1. The summed E-state index contributed by atoms with van der Waals surface area (Å²) in [5, 5.41) is 33.7. The van der Waals surface area contributed by atoms with Crippen LogP contribution in [0.1, 0.15) is 240 Å². The zero-order chi connectivity index (χ0) is 106. The topological polar surface area (TPSA) is 287 Å². The summed E-state index contributed by atoms with van der Waals surface area (Å²) in [6.45, 7) is 36.2. The highest BCUT2D eigenvalue weighted by Gasteiger charge is 2.41. The Morgan fingerprint density at radius 3 is 1.02 bits per heavy atom. The SMILES string of the molecule is CCOC(=O)[C@@H](OC(C)(C)C)c1c(C)cc2nc(-c3ccc4c(c3)c(C3CCCCC3)nn4C)sc2c1-c1ccc(Cl)cc1.CCOC(=O)[C@@H](OC(C)(C)C)c1c(C)cc2nc(-c3ccc4c(c3)c(C3CCN([C@@H]5CCOC5)CC3)nn4C)sc2c1-c1ccc(Cl)cc1.CS(=O)(=O)O[C@@H]1CCOC1.Cc1cc2nc(-c3ccc4c(c3)c(C3CCN([C@@H]5CCOC5)CC3)nn4C)sc2c(-c2ccc(Cl)cc2)c1[C@H](OC(C)(C)C)C(=O)O. The maximum absolute atomic E-state index is 13.6. The monoisotopic (exact) mass is 2170 g/mol. The molecule has 15 aromatic rings. The molecule has 1 saturated carbocycles. The molecule has 21 rings (SSSR count). The van der Waals surface area contributed by atoms with Crippen molar-refractivity contribution in [2.75, 3.05) is 85.3 Å². The molecule has 11 heterocycles. The van der Waals surface area contributed by atoms with Gasteiger partial charge < -0.3 is 43.0 Å². The van der Waals surface area contributed by atoms with Gasteiger partial charge in [0.1, 0.15) is 21.1 Å². The first kappa shape index (κ1) is 110. The second-order valence-corrected chi connectivity index (χ2v) is 49.1. The molecule has 1 aliphatic carbocycles. The average Bonchev–Trinajstić information content (AvgIpc) is 1.57. The number of carboxylic acid groups (broad SMARTS) is 1. The Balaban J connectivity index is 0.000000140. The van der Waals surface area contributed by atoms with E-state index < -0.39 is 63.1 Å². The van der Waals surface area contributed by atoms with Gasteiger partial charge in [0, 0.05) is 159 Å². The third kappa shape index (κ3) is 25.0. The zero-order valence-electron chi connectivity index (χ0n) is 88.9. The summed E-state index contributed by atoms with van der Waals surface area (Å²) in [4.78, 5) is 60.5. The number of likely N-dealkylation sites (tertiary alicyclic amines) is 2. The van der Waals surface area contributed by atoms with Crippen LogP contribution in [-0.4, -0.2) is 206 Å². The normalized spacial score (nSPS) is 18.2. The number of hydrogen-bond acceptors (Lipinski definition) is 25. The summed E-state index contributed by atoms with van der Waals surface area (Å²) in [6, 6.07) is 50.0. The number of aromatic nitrogens is 9. The average molecular weight is 2170 g/mol. The molecule has 26 nitrogen and oxygen atoms in total. The van der Waals surface area contributed by atoms with E-state index in [1.54, 1.807) is 34.0 Å². The fraction of sp³-hybridized carbons (Fsp3) is 0.462. The van der Waals surface area contributed by atoms with Crippen molar-refractivity contribution in [2.45, 2.75) is 245 Å². The van der Waals surface area contributed by atoms with Crippen molar-refractivity contribution in [1.29, 1.82) is 0 Å². The molecule has 0 bridgehead atoms. The standard InChI is InChI=1S/C39H45ClN4O4S.C37H41ClN4O4S.C36H40ClN3O3S.C5H10O4S/c1-7-47-38(45)35(48-39(3,4)5)32-23(2)20-30-36(33(32)24-8-11-27(40)12-9-24)49-37(41-30)26-10-13-31-29(21-26)34(42-43(31)6)25-14-17-44(18-15-25)28-16-19-46-22-28;1-21-18-28-34(31(22-6-9-25(38)10-7-22)30(21)33(36(43)44)46-37(2,3)4)47-35(39-28)24-8-11-29-27(19-24)32(40-41(29)5)23-12-15-42(16-13-23)26-14-17-45-20-26;1-7-42-35(41)32(43-36(3,4)5)29-21(2)19-27-33(30(29)22-13-16-25(37)17-14-22)44-34(38-27)24-15-18-28-26(20-24)31(39-40(28)6)23-11-9-8-10-12-23;1-10(6,7)9-5-2-3-8-4-5/h8-13,20-21,25,28,35H,7,14-19,22H2,1-6H3;6-11,18-19,23,26,33H,12-17,20H2,1-5H3,(H,43,44);13-20,23,32H,7-12H2,1-6H3;5H,2-4H2,1H3/t28-,35+;26-,33+;32-;5-/m1101/s1. The highest BCUT2D eigenvalue weighted by atomic mass is 35.5. The molecule has 150 heavy (non-hydrogen) atoms. The number of benzene rings is 9. The van der Waals surface area contributed by atoms with Gasteiger partial charge in [-0.15, -0.1) is 34.0 Å². The van der Waals surface area contributed by atoms with Gasteiger partial charge in [-0.2, -0.15) is 23.7 Å².